The summed E-state index contributed by atoms with van der Waals surface area (Å²) >= 11 is 1.44. The first-order valence-electron chi connectivity index (χ1n) is 12.8. The van der Waals surface area contributed by atoms with Gasteiger partial charge in [0, 0.05) is 28.2 Å². The Bertz CT molecular complexity index is 1700. The Labute approximate surface area is 228 Å². The maximum absolute atomic E-state index is 4.92. The molecule has 4 heteroatoms. The van der Waals surface area contributed by atoms with Crippen LogP contribution in [0.5, 0.6) is 0 Å². The molecule has 0 unspecified atom stereocenters. The van der Waals surface area contributed by atoms with Gasteiger partial charge in [0.25, 0.3) is 0 Å². The Balaban J connectivity index is 1.38. The van der Waals surface area contributed by atoms with Crippen LogP contribution >= 0.6 is 11.5 Å². The summed E-state index contributed by atoms with van der Waals surface area (Å²) in [6.07, 6.45) is 0. The van der Waals surface area contributed by atoms with E-state index in [1.165, 1.54) is 27.9 Å². The normalized spacial score (nSPS) is 11.6. The topological polar surface area (TPSA) is 29.0 Å². The summed E-state index contributed by atoms with van der Waals surface area (Å²) in [4.78, 5) is 7.21. The molecule has 0 N–H and O–H groups in total. The molecule has 0 fully saturated rings. The van der Waals surface area contributed by atoms with Crippen molar-refractivity contribution in [3.63, 3.8) is 0 Å². The fourth-order valence-corrected chi connectivity index (χ4v) is 5.37. The summed E-state index contributed by atoms with van der Waals surface area (Å²) in [6.45, 7) is 6.68. The van der Waals surface area contributed by atoms with Gasteiger partial charge in [-0.3, -0.25) is 0 Å². The van der Waals surface area contributed by atoms with E-state index in [1.807, 2.05) is 0 Å². The molecule has 0 saturated heterocycles. The van der Waals surface area contributed by atoms with Crippen LogP contribution in [0.15, 0.2) is 121 Å². The van der Waals surface area contributed by atoms with Crippen molar-refractivity contribution in [2.24, 2.45) is 0 Å². The zero-order chi connectivity index (χ0) is 26.1. The van der Waals surface area contributed by atoms with Gasteiger partial charge in [0.05, 0.1) is 0 Å². The van der Waals surface area contributed by atoms with E-state index in [4.69, 9.17) is 9.36 Å². The second-order valence-corrected chi connectivity index (χ2v) is 11.3. The highest BCUT2D eigenvalue weighted by Gasteiger charge is 2.17. The van der Waals surface area contributed by atoms with Crippen LogP contribution in [0.2, 0.25) is 0 Å². The highest BCUT2D eigenvalue weighted by atomic mass is 32.1. The number of anilines is 3. The molecule has 0 aliphatic rings. The number of aromatic nitrogens is 2. The number of rotatable bonds is 5. The SMILES string of the molecule is CC(C)(C)c1ccc(-c2nsc(-c3cccc(N(c4ccccc4)c4ccc5ccccc5c4)c3)n2)cc1. The largest absolute Gasteiger partial charge is 0.310 e. The summed E-state index contributed by atoms with van der Waals surface area (Å²) in [5.74, 6) is 0.769. The van der Waals surface area contributed by atoms with Gasteiger partial charge in [0.15, 0.2) is 5.82 Å². The van der Waals surface area contributed by atoms with E-state index in [9.17, 15) is 0 Å². The second kappa shape index (κ2) is 9.88. The zero-order valence-electron chi connectivity index (χ0n) is 21.8. The predicted molar refractivity (Wildman–Crippen MR) is 162 cm³/mol. The molecule has 5 aromatic carbocycles. The quantitative estimate of drug-likeness (QED) is 0.231. The number of nitrogens with zero attached hydrogens (tertiary/aromatic N) is 3. The zero-order valence-corrected chi connectivity index (χ0v) is 22.6. The van der Waals surface area contributed by atoms with E-state index < -0.39 is 0 Å². The monoisotopic (exact) mass is 511 g/mol. The fraction of sp³-hybridized carbons (Fsp3) is 0.118. The van der Waals surface area contributed by atoms with E-state index in [2.05, 4.69) is 147 Å². The molecule has 0 saturated carbocycles. The van der Waals surface area contributed by atoms with Crippen molar-refractivity contribution >= 4 is 39.4 Å². The fourth-order valence-electron chi connectivity index (χ4n) is 4.70. The predicted octanol–water partition coefficient (Wildman–Crippen LogP) is 9.79. The lowest BCUT2D eigenvalue weighted by molar-refractivity contribution is 0.590. The average molecular weight is 512 g/mol. The molecule has 3 nitrogen and oxygen atoms in total. The third kappa shape index (κ3) is 4.83. The van der Waals surface area contributed by atoms with Crippen LogP contribution in [0.1, 0.15) is 26.3 Å². The lowest BCUT2D eigenvalue weighted by Gasteiger charge is -2.26. The molecule has 0 radical (unpaired) electrons. The van der Waals surface area contributed by atoms with E-state index in [0.29, 0.717) is 0 Å². The van der Waals surface area contributed by atoms with Gasteiger partial charge in [-0.15, -0.1) is 0 Å². The minimum Gasteiger partial charge on any atom is -0.310 e. The average Bonchev–Trinajstić information content (AvgIpc) is 3.44. The van der Waals surface area contributed by atoms with Gasteiger partial charge < -0.3 is 4.90 Å². The molecule has 0 aliphatic carbocycles. The standard InChI is InChI=1S/C34H29N3S/c1-34(2,3)28-19-16-25(17-20-28)32-35-33(38-36-32)27-12-9-15-30(23-27)37(29-13-5-4-6-14-29)31-21-18-24-10-7-8-11-26(24)22-31/h4-23H,1-3H3. The van der Waals surface area contributed by atoms with Gasteiger partial charge in [-0.05, 0) is 69.7 Å². The van der Waals surface area contributed by atoms with Crippen molar-refractivity contribution < 1.29 is 0 Å². The highest BCUT2D eigenvalue weighted by molar-refractivity contribution is 7.09. The van der Waals surface area contributed by atoms with Crippen molar-refractivity contribution in [2.45, 2.75) is 26.2 Å². The Kier molecular flexibility index (Phi) is 6.26. The molecule has 0 bridgehead atoms. The van der Waals surface area contributed by atoms with E-state index in [0.717, 1.165) is 39.0 Å². The number of hydrogen-bond donors (Lipinski definition) is 0. The van der Waals surface area contributed by atoms with E-state index >= 15 is 0 Å². The Morgan fingerprint density at radius 3 is 2.03 bits per heavy atom. The van der Waals surface area contributed by atoms with Gasteiger partial charge in [-0.25, -0.2) is 4.98 Å². The van der Waals surface area contributed by atoms with Gasteiger partial charge in [0.1, 0.15) is 5.01 Å². The lowest BCUT2D eigenvalue weighted by atomic mass is 9.87. The Hall–Kier alpha value is -4.28. The molecule has 0 aliphatic heterocycles. The molecule has 0 atom stereocenters. The van der Waals surface area contributed by atoms with E-state index in [-0.39, 0.29) is 5.41 Å². The van der Waals surface area contributed by atoms with Crippen LogP contribution in [0, 0.1) is 0 Å². The van der Waals surface area contributed by atoms with Crippen LogP contribution in [0.4, 0.5) is 17.1 Å². The van der Waals surface area contributed by atoms with Crippen molar-refractivity contribution in [2.75, 3.05) is 4.90 Å². The van der Waals surface area contributed by atoms with Crippen LogP contribution in [0.25, 0.3) is 32.7 Å². The van der Waals surface area contributed by atoms with Crippen LogP contribution in [0.3, 0.4) is 0 Å². The number of benzene rings is 5. The molecule has 1 heterocycles. The summed E-state index contributed by atoms with van der Waals surface area (Å²) in [5, 5.41) is 3.36. The minimum atomic E-state index is 0.120. The third-order valence-corrected chi connectivity index (χ3v) is 7.56. The highest BCUT2D eigenvalue weighted by Crippen LogP contribution is 2.38. The minimum absolute atomic E-state index is 0.120. The Morgan fingerprint density at radius 2 is 1.26 bits per heavy atom. The van der Waals surface area contributed by atoms with E-state index in [1.54, 1.807) is 0 Å². The Morgan fingerprint density at radius 1 is 0.579 bits per heavy atom. The molecule has 0 amide bonds. The molecule has 38 heavy (non-hydrogen) atoms. The molecule has 0 spiro atoms. The van der Waals surface area contributed by atoms with Crippen LogP contribution < -0.4 is 4.90 Å². The smallest absolute Gasteiger partial charge is 0.173 e. The van der Waals surface area contributed by atoms with Crippen molar-refractivity contribution in [3.05, 3.63) is 127 Å². The van der Waals surface area contributed by atoms with Crippen molar-refractivity contribution in [1.82, 2.24) is 9.36 Å². The second-order valence-electron chi connectivity index (χ2n) is 10.5. The summed E-state index contributed by atoms with van der Waals surface area (Å²) < 4.78 is 4.70. The first kappa shape index (κ1) is 24.1. The lowest BCUT2D eigenvalue weighted by Crippen LogP contribution is -2.10. The molecule has 6 aromatic rings. The van der Waals surface area contributed by atoms with Gasteiger partial charge >= 0.3 is 0 Å². The van der Waals surface area contributed by atoms with Crippen LogP contribution in [-0.2, 0) is 5.41 Å². The molecule has 186 valence electrons. The molecular weight excluding hydrogens is 482 g/mol. The first-order valence-corrected chi connectivity index (χ1v) is 13.6. The first-order chi connectivity index (χ1) is 18.5. The van der Waals surface area contributed by atoms with Gasteiger partial charge in [-0.1, -0.05) is 106 Å². The van der Waals surface area contributed by atoms with Gasteiger partial charge in [-0.2, -0.15) is 4.37 Å². The summed E-state index contributed by atoms with van der Waals surface area (Å²) in [6, 6.07) is 42.8. The van der Waals surface area contributed by atoms with Gasteiger partial charge in [0.2, 0.25) is 0 Å². The maximum Gasteiger partial charge on any atom is 0.173 e. The molecular formula is C34H29N3S. The maximum atomic E-state index is 4.92. The summed E-state index contributed by atoms with van der Waals surface area (Å²) in [7, 11) is 0. The van der Waals surface area contributed by atoms with Crippen LogP contribution in [-0.4, -0.2) is 9.36 Å². The number of para-hydroxylation sites is 1. The summed E-state index contributed by atoms with van der Waals surface area (Å²) in [5.41, 5.74) is 6.82. The third-order valence-electron chi connectivity index (χ3n) is 6.79. The molecule has 1 aromatic heterocycles. The van der Waals surface area contributed by atoms with Crippen molar-refractivity contribution in [3.8, 4) is 22.0 Å². The number of hydrogen-bond acceptors (Lipinski definition) is 4. The number of fused-ring (bicyclic) bond motifs is 1. The molecule has 6 rings (SSSR count). The van der Waals surface area contributed by atoms with Crippen molar-refractivity contribution in [1.29, 1.82) is 0 Å².